The molecule has 0 N–H and O–H groups in total. The first-order valence-corrected chi connectivity index (χ1v) is 4.36. The standard InChI is InChI=1S/C12H9NO/c1-2-5-11(6-3-1)7-4-8-12-9-14-10-13-12/h1-3,5-6,9-10H,8H2. The van der Waals surface area contributed by atoms with E-state index < -0.39 is 0 Å². The molecule has 0 aliphatic heterocycles. The van der Waals surface area contributed by atoms with Crippen LogP contribution in [0.15, 0.2) is 47.4 Å². The molecule has 0 aliphatic carbocycles. The third-order valence-corrected chi connectivity index (χ3v) is 1.76. The molecular formula is C12H9NO. The van der Waals surface area contributed by atoms with Crippen molar-refractivity contribution in [2.45, 2.75) is 6.42 Å². The Bertz CT molecular complexity index is 434. The maximum Gasteiger partial charge on any atom is 0.180 e. The van der Waals surface area contributed by atoms with Crippen LogP contribution in [-0.2, 0) is 6.42 Å². The molecule has 2 heteroatoms. The van der Waals surface area contributed by atoms with Crippen LogP contribution in [0.2, 0.25) is 0 Å². The van der Waals surface area contributed by atoms with Crippen LogP contribution in [0.4, 0.5) is 0 Å². The average Bonchev–Trinajstić information content (AvgIpc) is 2.72. The lowest BCUT2D eigenvalue weighted by atomic mass is 10.2. The Morgan fingerprint density at radius 3 is 2.79 bits per heavy atom. The summed E-state index contributed by atoms with van der Waals surface area (Å²) in [5.74, 6) is 6.08. The lowest BCUT2D eigenvalue weighted by molar-refractivity contribution is 0.556. The highest BCUT2D eigenvalue weighted by atomic mass is 16.3. The Balaban J connectivity index is 2.02. The second-order valence-corrected chi connectivity index (χ2v) is 2.82. The summed E-state index contributed by atoms with van der Waals surface area (Å²) in [5.41, 5.74) is 1.89. The van der Waals surface area contributed by atoms with Gasteiger partial charge in [-0.15, -0.1) is 0 Å². The number of rotatable bonds is 1. The molecule has 2 nitrogen and oxygen atoms in total. The van der Waals surface area contributed by atoms with Crippen molar-refractivity contribution in [3.8, 4) is 11.8 Å². The van der Waals surface area contributed by atoms with Gasteiger partial charge >= 0.3 is 0 Å². The number of benzene rings is 1. The van der Waals surface area contributed by atoms with Gasteiger partial charge in [-0.2, -0.15) is 0 Å². The van der Waals surface area contributed by atoms with Gasteiger partial charge in [0.2, 0.25) is 0 Å². The topological polar surface area (TPSA) is 26.0 Å². The van der Waals surface area contributed by atoms with E-state index in [0.717, 1.165) is 11.3 Å². The maximum atomic E-state index is 4.84. The molecule has 0 bridgehead atoms. The van der Waals surface area contributed by atoms with E-state index in [9.17, 15) is 0 Å². The van der Waals surface area contributed by atoms with Gasteiger partial charge < -0.3 is 4.42 Å². The first-order chi connectivity index (χ1) is 6.95. The predicted octanol–water partition coefficient (Wildman–Crippen LogP) is 2.27. The van der Waals surface area contributed by atoms with Crippen molar-refractivity contribution in [1.82, 2.24) is 4.98 Å². The van der Waals surface area contributed by atoms with Crippen molar-refractivity contribution in [3.63, 3.8) is 0 Å². The van der Waals surface area contributed by atoms with Gasteiger partial charge in [0.05, 0.1) is 12.1 Å². The van der Waals surface area contributed by atoms with Crippen LogP contribution in [0.25, 0.3) is 0 Å². The van der Waals surface area contributed by atoms with E-state index >= 15 is 0 Å². The minimum atomic E-state index is 0.630. The molecule has 0 fully saturated rings. The lowest BCUT2D eigenvalue weighted by Gasteiger charge is -1.85. The van der Waals surface area contributed by atoms with E-state index in [1.165, 1.54) is 6.39 Å². The molecule has 0 saturated heterocycles. The van der Waals surface area contributed by atoms with Crippen LogP contribution >= 0.6 is 0 Å². The van der Waals surface area contributed by atoms with Gasteiger partial charge in [-0.1, -0.05) is 30.0 Å². The van der Waals surface area contributed by atoms with Gasteiger partial charge in [0, 0.05) is 5.56 Å². The minimum Gasteiger partial charge on any atom is -0.451 e. The smallest absolute Gasteiger partial charge is 0.180 e. The summed E-state index contributed by atoms with van der Waals surface area (Å²) in [4.78, 5) is 3.98. The Morgan fingerprint density at radius 2 is 2.07 bits per heavy atom. The molecule has 0 amide bonds. The first-order valence-electron chi connectivity index (χ1n) is 4.36. The zero-order valence-corrected chi connectivity index (χ0v) is 7.60. The summed E-state index contributed by atoms with van der Waals surface area (Å²) >= 11 is 0. The van der Waals surface area contributed by atoms with Crippen LogP contribution in [-0.4, -0.2) is 4.98 Å². The predicted molar refractivity (Wildman–Crippen MR) is 53.5 cm³/mol. The maximum absolute atomic E-state index is 4.84. The van der Waals surface area contributed by atoms with Crippen molar-refractivity contribution in [3.05, 3.63) is 54.2 Å². The second kappa shape index (κ2) is 4.29. The molecule has 0 radical (unpaired) electrons. The van der Waals surface area contributed by atoms with Gasteiger partial charge in [0.1, 0.15) is 6.26 Å². The zero-order valence-electron chi connectivity index (χ0n) is 7.60. The van der Waals surface area contributed by atoms with Gasteiger partial charge in [0.15, 0.2) is 6.39 Å². The molecule has 0 aliphatic rings. The first kappa shape index (κ1) is 8.58. The van der Waals surface area contributed by atoms with Gasteiger partial charge in [0.25, 0.3) is 0 Å². The number of oxazole rings is 1. The van der Waals surface area contributed by atoms with Crippen LogP contribution in [0.1, 0.15) is 11.3 Å². The molecule has 2 rings (SSSR count). The third-order valence-electron chi connectivity index (χ3n) is 1.76. The Labute approximate surface area is 82.6 Å². The highest BCUT2D eigenvalue weighted by molar-refractivity contribution is 5.34. The van der Waals surface area contributed by atoms with E-state index in [1.807, 2.05) is 30.3 Å². The van der Waals surface area contributed by atoms with E-state index in [4.69, 9.17) is 4.42 Å². The molecule has 14 heavy (non-hydrogen) atoms. The third kappa shape index (κ3) is 2.24. The summed E-state index contributed by atoms with van der Waals surface area (Å²) in [5, 5.41) is 0. The van der Waals surface area contributed by atoms with Crippen LogP contribution in [0.3, 0.4) is 0 Å². The molecule has 1 heterocycles. The van der Waals surface area contributed by atoms with Crippen molar-refractivity contribution in [2.75, 3.05) is 0 Å². The van der Waals surface area contributed by atoms with Crippen LogP contribution < -0.4 is 0 Å². The SMILES string of the molecule is C(#Cc1ccccc1)Cc1cocn1. The Morgan fingerprint density at radius 1 is 1.21 bits per heavy atom. The zero-order chi connectivity index (χ0) is 9.64. The molecule has 0 spiro atoms. The fourth-order valence-electron chi connectivity index (χ4n) is 1.08. The van der Waals surface area contributed by atoms with Crippen LogP contribution in [0.5, 0.6) is 0 Å². The van der Waals surface area contributed by atoms with E-state index in [0.29, 0.717) is 6.42 Å². The van der Waals surface area contributed by atoms with Crippen LogP contribution in [0, 0.1) is 11.8 Å². The van der Waals surface area contributed by atoms with Gasteiger partial charge in [-0.25, -0.2) is 4.98 Å². The molecule has 2 aromatic rings. The van der Waals surface area contributed by atoms with Crippen molar-refractivity contribution in [1.29, 1.82) is 0 Å². The van der Waals surface area contributed by atoms with E-state index in [-0.39, 0.29) is 0 Å². The molecular weight excluding hydrogens is 174 g/mol. The molecule has 68 valence electrons. The van der Waals surface area contributed by atoms with Crippen molar-refractivity contribution < 1.29 is 4.42 Å². The molecule has 0 saturated carbocycles. The number of hydrogen-bond donors (Lipinski definition) is 0. The normalized spacial score (nSPS) is 9.14. The summed E-state index contributed by atoms with van der Waals surface area (Å²) in [6.07, 6.45) is 3.66. The van der Waals surface area contributed by atoms with E-state index in [2.05, 4.69) is 16.8 Å². The monoisotopic (exact) mass is 183 g/mol. The summed E-state index contributed by atoms with van der Waals surface area (Å²) < 4.78 is 4.84. The summed E-state index contributed by atoms with van der Waals surface area (Å²) in [6.45, 7) is 0. The fraction of sp³-hybridized carbons (Fsp3) is 0.0833. The Kier molecular flexibility index (Phi) is 2.63. The fourth-order valence-corrected chi connectivity index (χ4v) is 1.08. The van der Waals surface area contributed by atoms with E-state index in [1.54, 1.807) is 6.26 Å². The average molecular weight is 183 g/mol. The van der Waals surface area contributed by atoms with Gasteiger partial charge in [-0.3, -0.25) is 0 Å². The highest BCUT2D eigenvalue weighted by Gasteiger charge is 1.90. The van der Waals surface area contributed by atoms with Crippen molar-refractivity contribution in [2.24, 2.45) is 0 Å². The number of aromatic nitrogens is 1. The Hall–Kier alpha value is -2.01. The lowest BCUT2D eigenvalue weighted by Crippen LogP contribution is -1.79. The summed E-state index contributed by atoms with van der Waals surface area (Å²) in [6, 6.07) is 9.88. The molecule has 0 atom stereocenters. The quantitative estimate of drug-likeness (QED) is 0.634. The number of hydrogen-bond acceptors (Lipinski definition) is 2. The molecule has 0 unspecified atom stereocenters. The number of nitrogens with zero attached hydrogens (tertiary/aromatic N) is 1. The minimum absolute atomic E-state index is 0.630. The highest BCUT2D eigenvalue weighted by Crippen LogP contribution is 1.97. The van der Waals surface area contributed by atoms with Crippen molar-refractivity contribution >= 4 is 0 Å². The molecule has 1 aromatic heterocycles. The van der Waals surface area contributed by atoms with Gasteiger partial charge in [-0.05, 0) is 12.1 Å². The largest absolute Gasteiger partial charge is 0.451 e. The molecule has 1 aromatic carbocycles. The summed E-state index contributed by atoms with van der Waals surface area (Å²) in [7, 11) is 0. The second-order valence-electron chi connectivity index (χ2n) is 2.82.